The zero-order chi connectivity index (χ0) is 26.8. The van der Waals surface area contributed by atoms with Crippen molar-refractivity contribution in [1.82, 2.24) is 24.9 Å². The number of nitrogens with zero attached hydrogens (tertiary/aromatic N) is 5. The van der Waals surface area contributed by atoms with Crippen LogP contribution in [0, 0.1) is 5.92 Å². The Morgan fingerprint density at radius 2 is 1.97 bits per heavy atom. The first-order valence-electron chi connectivity index (χ1n) is 13.9. The van der Waals surface area contributed by atoms with Crippen molar-refractivity contribution in [3.05, 3.63) is 41.5 Å². The van der Waals surface area contributed by atoms with Gasteiger partial charge in [0.1, 0.15) is 10.8 Å². The van der Waals surface area contributed by atoms with Gasteiger partial charge in [-0.1, -0.05) is 36.8 Å². The molecular formula is C29H43N7OS. The van der Waals surface area contributed by atoms with Gasteiger partial charge in [-0.25, -0.2) is 0 Å². The molecular weight excluding hydrogens is 494 g/mol. The summed E-state index contributed by atoms with van der Waals surface area (Å²) in [6.07, 6.45) is 12.4. The minimum Gasteiger partial charge on any atom is -0.309 e. The summed E-state index contributed by atoms with van der Waals surface area (Å²) in [4.78, 5) is 24.9. The predicted octanol–water partition coefficient (Wildman–Crippen LogP) is 4.26. The maximum absolute atomic E-state index is 13.2. The molecule has 1 aliphatic heterocycles. The van der Waals surface area contributed by atoms with Crippen LogP contribution in [0.15, 0.2) is 40.4 Å². The fourth-order valence-corrected chi connectivity index (χ4v) is 7.38. The van der Waals surface area contributed by atoms with Crippen LogP contribution in [0.3, 0.4) is 0 Å². The first kappa shape index (κ1) is 27.4. The molecule has 3 fully saturated rings. The number of anilines is 1. The van der Waals surface area contributed by atoms with Crippen LogP contribution in [0.25, 0.3) is 0 Å². The molecule has 0 unspecified atom stereocenters. The number of aromatic amines is 1. The molecule has 1 amide bonds. The Balaban J connectivity index is 1.30. The molecule has 0 atom stereocenters. The van der Waals surface area contributed by atoms with Crippen LogP contribution < -0.4 is 5.32 Å². The van der Waals surface area contributed by atoms with Crippen LogP contribution in [-0.4, -0.2) is 96.3 Å². The molecule has 1 aromatic heterocycles. The summed E-state index contributed by atoms with van der Waals surface area (Å²) in [6.45, 7) is 3.37. The lowest BCUT2D eigenvalue weighted by Crippen LogP contribution is -2.56. The summed E-state index contributed by atoms with van der Waals surface area (Å²) in [7, 11) is 6.20. The average molecular weight is 538 g/mol. The zero-order valence-corrected chi connectivity index (χ0v) is 24.2. The van der Waals surface area contributed by atoms with Crippen LogP contribution in [0.2, 0.25) is 0 Å². The molecule has 2 aliphatic carbocycles. The molecule has 1 aromatic carbocycles. The maximum Gasteiger partial charge on any atom is 0.239 e. The highest BCUT2D eigenvalue weighted by Crippen LogP contribution is 2.49. The van der Waals surface area contributed by atoms with Gasteiger partial charge in [-0.05, 0) is 70.4 Å². The summed E-state index contributed by atoms with van der Waals surface area (Å²) in [5.74, 6) is 1.43. The highest BCUT2D eigenvalue weighted by molar-refractivity contribution is 7.98. The van der Waals surface area contributed by atoms with E-state index in [4.69, 9.17) is 0 Å². The van der Waals surface area contributed by atoms with E-state index >= 15 is 0 Å². The smallest absolute Gasteiger partial charge is 0.239 e. The molecule has 3 aliphatic rings. The summed E-state index contributed by atoms with van der Waals surface area (Å²) < 4.78 is 0. The van der Waals surface area contributed by atoms with Crippen molar-refractivity contribution >= 4 is 29.7 Å². The first-order chi connectivity index (χ1) is 18.4. The number of hydrogen-bond donors (Lipinski definition) is 2. The van der Waals surface area contributed by atoms with Crippen molar-refractivity contribution in [1.29, 1.82) is 0 Å². The molecule has 0 radical (unpaired) electrons. The van der Waals surface area contributed by atoms with Crippen molar-refractivity contribution in [2.45, 2.75) is 61.0 Å². The predicted molar refractivity (Wildman–Crippen MR) is 156 cm³/mol. The van der Waals surface area contributed by atoms with E-state index in [1.165, 1.54) is 36.6 Å². The molecule has 2 aromatic rings. The second-order valence-corrected chi connectivity index (χ2v) is 12.4. The minimum atomic E-state index is -0.00423. The van der Waals surface area contributed by atoms with Gasteiger partial charge in [-0.3, -0.25) is 29.6 Å². The Morgan fingerprint density at radius 3 is 2.58 bits per heavy atom. The van der Waals surface area contributed by atoms with Gasteiger partial charge in [0.05, 0.1) is 18.8 Å². The number of benzene rings is 1. The molecule has 2 saturated carbocycles. The Morgan fingerprint density at radius 1 is 1.24 bits per heavy atom. The molecule has 0 bridgehead atoms. The number of aromatic nitrogens is 2. The molecule has 2 N–H and O–H groups in total. The quantitative estimate of drug-likeness (QED) is 0.368. The highest BCUT2D eigenvalue weighted by atomic mass is 32.2. The number of amides is 1. The van der Waals surface area contributed by atoms with Gasteiger partial charge in [0.25, 0.3) is 0 Å². The zero-order valence-electron chi connectivity index (χ0n) is 23.4. The van der Waals surface area contributed by atoms with Crippen LogP contribution >= 0.6 is 11.8 Å². The minimum absolute atomic E-state index is 0.00423. The molecule has 38 heavy (non-hydrogen) atoms. The van der Waals surface area contributed by atoms with Crippen LogP contribution in [0.4, 0.5) is 5.82 Å². The van der Waals surface area contributed by atoms with E-state index < -0.39 is 0 Å². The van der Waals surface area contributed by atoms with E-state index in [0.717, 1.165) is 61.9 Å². The highest BCUT2D eigenvalue weighted by Gasteiger charge is 2.52. The average Bonchev–Trinajstić information content (AvgIpc) is 3.42. The fraction of sp³-hybridized carbons (Fsp3) is 0.621. The Bertz CT molecular complexity index is 1120. The van der Waals surface area contributed by atoms with Gasteiger partial charge in [0, 0.05) is 37.4 Å². The second kappa shape index (κ2) is 11.5. The third kappa shape index (κ3) is 5.30. The Hall–Kier alpha value is -2.20. The third-order valence-corrected chi connectivity index (χ3v) is 9.99. The molecule has 9 heteroatoms. The first-order valence-corrected chi connectivity index (χ1v) is 15.2. The summed E-state index contributed by atoms with van der Waals surface area (Å²) in [5.41, 5.74) is 2.48. The Kier molecular flexibility index (Phi) is 8.28. The van der Waals surface area contributed by atoms with Crippen molar-refractivity contribution < 1.29 is 4.79 Å². The lowest BCUT2D eigenvalue weighted by molar-refractivity contribution is -0.117. The lowest BCUT2D eigenvalue weighted by atomic mass is 9.68. The number of carbonyl (C=O) groups is 1. The normalized spacial score (nSPS) is 27.0. The van der Waals surface area contributed by atoms with E-state index in [-0.39, 0.29) is 17.0 Å². The monoisotopic (exact) mass is 537 g/mol. The molecule has 2 heterocycles. The summed E-state index contributed by atoms with van der Waals surface area (Å²) >= 11 is 1.54. The van der Waals surface area contributed by atoms with Gasteiger partial charge < -0.3 is 5.32 Å². The lowest BCUT2D eigenvalue weighted by Gasteiger charge is -2.52. The summed E-state index contributed by atoms with van der Waals surface area (Å²) in [5, 5.41) is 11.2. The maximum atomic E-state index is 13.2. The SMILES string of the molecule is CN=Cc1c(SC)n[nH]c1NC(=O)CN1CN(CC2CCC2)C2(CCC(c3ccccc3)(N(C)C)CC2)C1. The van der Waals surface area contributed by atoms with Gasteiger partial charge in [0.15, 0.2) is 0 Å². The number of H-pyrrole nitrogens is 1. The van der Waals surface area contributed by atoms with Crippen LogP contribution in [0.5, 0.6) is 0 Å². The third-order valence-electron chi connectivity index (χ3n) is 9.29. The topological polar surface area (TPSA) is 79.9 Å². The van der Waals surface area contributed by atoms with Crippen molar-refractivity contribution in [3.8, 4) is 0 Å². The number of rotatable bonds is 9. The van der Waals surface area contributed by atoms with Gasteiger partial charge in [0.2, 0.25) is 5.91 Å². The van der Waals surface area contributed by atoms with Gasteiger partial charge in [-0.15, -0.1) is 11.8 Å². The number of nitrogens with one attached hydrogen (secondary N) is 2. The Labute approximate surface area is 231 Å². The number of thioether (sulfide) groups is 1. The molecule has 206 valence electrons. The van der Waals surface area contributed by atoms with Crippen molar-refractivity contribution in [3.63, 3.8) is 0 Å². The number of carbonyl (C=O) groups excluding carboxylic acids is 1. The van der Waals surface area contributed by atoms with E-state index in [1.54, 1.807) is 13.3 Å². The van der Waals surface area contributed by atoms with E-state index in [1.807, 2.05) is 6.26 Å². The van der Waals surface area contributed by atoms with E-state index in [9.17, 15) is 4.79 Å². The fourth-order valence-electron chi connectivity index (χ4n) is 6.86. The largest absolute Gasteiger partial charge is 0.309 e. The second-order valence-electron chi connectivity index (χ2n) is 11.6. The molecule has 1 spiro atoms. The molecule has 1 saturated heterocycles. The number of aliphatic imine (C=N–C) groups is 1. The summed E-state index contributed by atoms with van der Waals surface area (Å²) in [6, 6.07) is 11.0. The molecule has 5 rings (SSSR count). The van der Waals surface area contributed by atoms with Crippen molar-refractivity contribution in [2.75, 3.05) is 59.0 Å². The van der Waals surface area contributed by atoms with E-state index in [2.05, 4.69) is 79.6 Å². The van der Waals surface area contributed by atoms with Crippen molar-refractivity contribution in [2.24, 2.45) is 10.9 Å². The van der Waals surface area contributed by atoms with Gasteiger partial charge >= 0.3 is 0 Å². The molecule has 8 nitrogen and oxygen atoms in total. The van der Waals surface area contributed by atoms with Gasteiger partial charge in [-0.2, -0.15) is 5.10 Å². The number of hydrogen-bond acceptors (Lipinski definition) is 7. The van der Waals surface area contributed by atoms with E-state index in [0.29, 0.717) is 12.4 Å². The van der Waals surface area contributed by atoms with Crippen LogP contribution in [-0.2, 0) is 10.3 Å². The van der Waals surface area contributed by atoms with Crippen LogP contribution in [0.1, 0.15) is 56.1 Å². The standard InChI is InChI=1S/C29H43N7OS/c1-30-17-24-26(32-33-27(24)38-4)31-25(37)19-35-20-28(36(21-35)18-22-9-8-10-22)13-15-29(16-14-28,34(2)3)23-11-6-5-7-12-23/h5-7,11-12,17,22H,8-10,13-16,18-21H2,1-4H3,(H2,31,32,33,37).